The van der Waals surface area contributed by atoms with Gasteiger partial charge in [0.25, 0.3) is 0 Å². The molecule has 1 saturated heterocycles. The number of carbonyl (C=O) groups excluding carboxylic acids is 1. The minimum Gasteiger partial charge on any atom is -0.372 e. The van der Waals surface area contributed by atoms with E-state index in [1.54, 1.807) is 11.8 Å². The molecule has 1 aliphatic rings. The Balaban J connectivity index is 2.03. The maximum atomic E-state index is 13.2. The molecule has 23 heavy (non-hydrogen) atoms. The number of hydrogen-bond acceptors (Lipinski definition) is 4. The minimum absolute atomic E-state index is 0.00315. The highest BCUT2D eigenvalue weighted by Crippen LogP contribution is 2.23. The zero-order chi connectivity index (χ0) is 17.0. The normalized spacial score (nSPS) is 16.6. The van der Waals surface area contributed by atoms with Crippen molar-refractivity contribution in [2.45, 2.75) is 11.8 Å². The number of piperazine rings is 1. The average Bonchev–Trinajstić information content (AvgIpc) is 2.55. The number of amides is 1. The molecule has 1 aromatic carbocycles. The molecule has 0 radical (unpaired) electrons. The molecule has 6 nitrogen and oxygen atoms in total. The highest BCUT2D eigenvalue weighted by molar-refractivity contribution is 7.89. The number of benzene rings is 1. The summed E-state index contributed by atoms with van der Waals surface area (Å²) in [6.07, 6.45) is 0. The van der Waals surface area contributed by atoms with Gasteiger partial charge in [-0.2, -0.15) is 4.31 Å². The minimum atomic E-state index is -3.75. The van der Waals surface area contributed by atoms with Crippen LogP contribution in [0.1, 0.15) is 6.92 Å². The van der Waals surface area contributed by atoms with Gasteiger partial charge in [0.2, 0.25) is 15.9 Å². The second-order valence-electron chi connectivity index (χ2n) is 5.00. The van der Waals surface area contributed by atoms with Gasteiger partial charge in [-0.1, -0.05) is 11.6 Å². The lowest BCUT2D eigenvalue weighted by Gasteiger charge is -2.34. The summed E-state index contributed by atoms with van der Waals surface area (Å²) in [6, 6.07) is 3.30. The molecule has 0 aliphatic carbocycles. The van der Waals surface area contributed by atoms with E-state index < -0.39 is 15.8 Å². The molecule has 2 rings (SSSR count). The average molecular weight is 365 g/mol. The van der Waals surface area contributed by atoms with E-state index in [1.165, 1.54) is 10.4 Å². The summed E-state index contributed by atoms with van der Waals surface area (Å²) < 4.78 is 44.5. The van der Waals surface area contributed by atoms with Gasteiger partial charge in [-0.15, -0.1) is 0 Å². The number of nitrogens with zero attached hydrogens (tertiary/aromatic N) is 2. The van der Waals surface area contributed by atoms with E-state index in [-0.39, 0.29) is 35.5 Å². The van der Waals surface area contributed by atoms with Gasteiger partial charge in [0, 0.05) is 32.8 Å². The SMILES string of the molecule is CCOCC(=O)N1CCN(S(=O)(=O)c2ccc(F)c(Cl)c2)CC1. The Labute approximate surface area is 139 Å². The highest BCUT2D eigenvalue weighted by atomic mass is 35.5. The topological polar surface area (TPSA) is 66.9 Å². The molecule has 9 heteroatoms. The van der Waals surface area contributed by atoms with Crippen molar-refractivity contribution in [2.75, 3.05) is 39.4 Å². The molecule has 0 aromatic heterocycles. The second kappa shape index (κ2) is 7.57. The van der Waals surface area contributed by atoms with Crippen LogP contribution in [0.15, 0.2) is 23.1 Å². The largest absolute Gasteiger partial charge is 0.372 e. The fraction of sp³-hybridized carbons (Fsp3) is 0.500. The molecule has 1 aromatic rings. The van der Waals surface area contributed by atoms with Gasteiger partial charge in [0.05, 0.1) is 9.92 Å². The third kappa shape index (κ3) is 4.20. The Kier molecular flexibility index (Phi) is 5.96. The van der Waals surface area contributed by atoms with Crippen LogP contribution in [-0.2, 0) is 19.6 Å². The maximum absolute atomic E-state index is 13.2. The number of carbonyl (C=O) groups is 1. The van der Waals surface area contributed by atoms with Gasteiger partial charge in [-0.3, -0.25) is 4.79 Å². The van der Waals surface area contributed by atoms with Crippen molar-refractivity contribution >= 4 is 27.5 Å². The van der Waals surface area contributed by atoms with Crippen LogP contribution in [0.25, 0.3) is 0 Å². The molecule has 0 N–H and O–H groups in total. The van der Waals surface area contributed by atoms with Crippen LogP contribution in [0.5, 0.6) is 0 Å². The Morgan fingerprint density at radius 2 is 1.96 bits per heavy atom. The summed E-state index contributed by atoms with van der Waals surface area (Å²) in [4.78, 5) is 13.4. The lowest BCUT2D eigenvalue weighted by atomic mass is 10.3. The third-order valence-corrected chi connectivity index (χ3v) is 5.73. The molecule has 1 amide bonds. The first kappa shape index (κ1) is 18.1. The number of ether oxygens (including phenoxy) is 1. The zero-order valence-electron chi connectivity index (χ0n) is 12.7. The predicted octanol–water partition coefficient (Wildman–Crippen LogP) is 1.35. The first-order chi connectivity index (χ1) is 10.9. The number of halogens is 2. The summed E-state index contributed by atoms with van der Waals surface area (Å²) in [5.41, 5.74) is 0. The van der Waals surface area contributed by atoms with Crippen LogP contribution in [0.2, 0.25) is 5.02 Å². The fourth-order valence-electron chi connectivity index (χ4n) is 2.24. The van der Waals surface area contributed by atoms with Crippen LogP contribution in [0, 0.1) is 5.82 Å². The van der Waals surface area contributed by atoms with E-state index in [4.69, 9.17) is 16.3 Å². The molecular formula is C14H18ClFN2O4S. The van der Waals surface area contributed by atoms with Crippen molar-refractivity contribution in [3.8, 4) is 0 Å². The summed E-state index contributed by atoms with van der Waals surface area (Å²) in [5, 5.41) is -0.239. The van der Waals surface area contributed by atoms with Crippen LogP contribution in [0.3, 0.4) is 0 Å². The van der Waals surface area contributed by atoms with Gasteiger partial charge < -0.3 is 9.64 Å². The highest BCUT2D eigenvalue weighted by Gasteiger charge is 2.30. The monoisotopic (exact) mass is 364 g/mol. The Morgan fingerprint density at radius 3 is 2.52 bits per heavy atom. The molecule has 0 saturated carbocycles. The van der Waals surface area contributed by atoms with Crippen molar-refractivity contribution in [3.63, 3.8) is 0 Å². The van der Waals surface area contributed by atoms with E-state index in [0.717, 1.165) is 12.1 Å². The van der Waals surface area contributed by atoms with Gasteiger partial charge in [-0.05, 0) is 25.1 Å². The second-order valence-corrected chi connectivity index (χ2v) is 7.34. The smallest absolute Gasteiger partial charge is 0.248 e. The van der Waals surface area contributed by atoms with Gasteiger partial charge in [-0.25, -0.2) is 12.8 Å². The quantitative estimate of drug-likeness (QED) is 0.791. The third-order valence-electron chi connectivity index (χ3n) is 3.55. The summed E-state index contributed by atoms with van der Waals surface area (Å²) in [7, 11) is -3.75. The van der Waals surface area contributed by atoms with Gasteiger partial charge >= 0.3 is 0 Å². The Hall–Kier alpha value is -1.22. The van der Waals surface area contributed by atoms with E-state index in [1.807, 2.05) is 0 Å². The summed E-state index contributed by atoms with van der Waals surface area (Å²) in [6.45, 7) is 3.18. The fourth-order valence-corrected chi connectivity index (χ4v) is 3.94. The summed E-state index contributed by atoms with van der Waals surface area (Å²) >= 11 is 5.65. The van der Waals surface area contributed by atoms with Crippen molar-refractivity contribution in [3.05, 3.63) is 29.0 Å². The van der Waals surface area contributed by atoms with Crippen LogP contribution in [-0.4, -0.2) is 62.9 Å². The molecule has 1 aliphatic heterocycles. The number of rotatable bonds is 5. The van der Waals surface area contributed by atoms with Crippen molar-refractivity contribution < 1.29 is 22.3 Å². The zero-order valence-corrected chi connectivity index (χ0v) is 14.2. The van der Waals surface area contributed by atoms with E-state index in [0.29, 0.717) is 19.7 Å². The van der Waals surface area contributed by atoms with Crippen LogP contribution >= 0.6 is 11.6 Å². The number of sulfonamides is 1. The number of hydrogen-bond donors (Lipinski definition) is 0. The standard InChI is InChI=1S/C14H18ClFN2O4S/c1-2-22-10-14(19)17-5-7-18(8-6-17)23(20,21)11-3-4-13(16)12(15)9-11/h3-4,9H,2,5-8,10H2,1H3. The van der Waals surface area contributed by atoms with Crippen LogP contribution in [0.4, 0.5) is 4.39 Å². The Bertz CT molecular complexity index is 675. The molecular weight excluding hydrogens is 347 g/mol. The lowest BCUT2D eigenvalue weighted by molar-refractivity contribution is -0.137. The lowest BCUT2D eigenvalue weighted by Crippen LogP contribution is -2.51. The van der Waals surface area contributed by atoms with Crippen LogP contribution < -0.4 is 0 Å². The molecule has 1 fully saturated rings. The molecule has 1 heterocycles. The van der Waals surface area contributed by atoms with Crippen molar-refractivity contribution in [1.29, 1.82) is 0 Å². The van der Waals surface area contributed by atoms with E-state index in [2.05, 4.69) is 0 Å². The van der Waals surface area contributed by atoms with Gasteiger partial charge in [0.1, 0.15) is 12.4 Å². The first-order valence-corrected chi connectivity index (χ1v) is 8.98. The molecule has 0 atom stereocenters. The summed E-state index contributed by atoms with van der Waals surface area (Å²) in [5.74, 6) is -0.828. The molecule has 0 unspecified atom stereocenters. The molecule has 0 spiro atoms. The van der Waals surface area contributed by atoms with Gasteiger partial charge in [0.15, 0.2) is 0 Å². The molecule has 0 bridgehead atoms. The Morgan fingerprint density at radius 1 is 1.30 bits per heavy atom. The first-order valence-electron chi connectivity index (χ1n) is 7.17. The maximum Gasteiger partial charge on any atom is 0.248 e. The van der Waals surface area contributed by atoms with Crippen molar-refractivity contribution in [2.24, 2.45) is 0 Å². The van der Waals surface area contributed by atoms with E-state index >= 15 is 0 Å². The van der Waals surface area contributed by atoms with Crippen molar-refractivity contribution in [1.82, 2.24) is 9.21 Å². The molecule has 128 valence electrons. The van der Waals surface area contributed by atoms with E-state index in [9.17, 15) is 17.6 Å². The predicted molar refractivity (Wildman–Crippen MR) is 83.2 cm³/mol.